The predicted octanol–water partition coefficient (Wildman–Crippen LogP) is 1.03. The first-order valence-corrected chi connectivity index (χ1v) is 4.92. The van der Waals surface area contributed by atoms with E-state index in [4.69, 9.17) is 11.6 Å². The van der Waals surface area contributed by atoms with Crippen molar-refractivity contribution in [2.24, 2.45) is 0 Å². The summed E-state index contributed by atoms with van der Waals surface area (Å²) in [5.74, 6) is -0.961. The summed E-state index contributed by atoms with van der Waals surface area (Å²) < 4.78 is 4.47. The SMILES string of the molecule is COC(=O)C(C)NC(=O)c1ccc(Cl)cn1. The van der Waals surface area contributed by atoms with Crippen LogP contribution in [0.2, 0.25) is 5.02 Å². The molecule has 0 bridgehead atoms. The van der Waals surface area contributed by atoms with Crippen LogP contribution in [0.25, 0.3) is 0 Å². The molecule has 86 valence electrons. The Hall–Kier alpha value is -1.62. The Morgan fingerprint density at radius 3 is 2.69 bits per heavy atom. The molecule has 0 radical (unpaired) electrons. The summed E-state index contributed by atoms with van der Waals surface area (Å²) in [6.45, 7) is 1.53. The van der Waals surface area contributed by atoms with Crippen molar-refractivity contribution in [1.82, 2.24) is 10.3 Å². The highest BCUT2D eigenvalue weighted by atomic mass is 35.5. The summed E-state index contributed by atoms with van der Waals surface area (Å²) in [6.07, 6.45) is 1.36. The Morgan fingerprint density at radius 1 is 1.50 bits per heavy atom. The van der Waals surface area contributed by atoms with Crippen LogP contribution in [0.4, 0.5) is 0 Å². The van der Waals surface area contributed by atoms with Gasteiger partial charge in [-0.05, 0) is 19.1 Å². The van der Waals surface area contributed by atoms with Crippen LogP contribution in [0.3, 0.4) is 0 Å². The molecule has 0 spiro atoms. The van der Waals surface area contributed by atoms with Gasteiger partial charge in [0.25, 0.3) is 5.91 Å². The topological polar surface area (TPSA) is 68.3 Å². The van der Waals surface area contributed by atoms with Gasteiger partial charge < -0.3 is 10.1 Å². The monoisotopic (exact) mass is 242 g/mol. The number of hydrogen-bond acceptors (Lipinski definition) is 4. The molecule has 1 atom stereocenters. The van der Waals surface area contributed by atoms with E-state index in [2.05, 4.69) is 15.0 Å². The van der Waals surface area contributed by atoms with E-state index < -0.39 is 17.9 Å². The zero-order valence-corrected chi connectivity index (χ0v) is 9.62. The molecule has 1 unspecified atom stereocenters. The fraction of sp³-hybridized carbons (Fsp3) is 0.300. The smallest absolute Gasteiger partial charge is 0.328 e. The highest BCUT2D eigenvalue weighted by molar-refractivity contribution is 6.30. The van der Waals surface area contributed by atoms with Crippen molar-refractivity contribution >= 4 is 23.5 Å². The van der Waals surface area contributed by atoms with E-state index in [9.17, 15) is 9.59 Å². The second-order valence-electron chi connectivity index (χ2n) is 3.08. The first-order chi connectivity index (χ1) is 7.54. The Morgan fingerprint density at radius 2 is 2.19 bits per heavy atom. The fourth-order valence-corrected chi connectivity index (χ4v) is 1.13. The summed E-state index contributed by atoms with van der Waals surface area (Å²) in [5.41, 5.74) is 0.195. The molecule has 5 nitrogen and oxygen atoms in total. The molecule has 0 fully saturated rings. The number of esters is 1. The van der Waals surface area contributed by atoms with Crippen molar-refractivity contribution in [3.63, 3.8) is 0 Å². The van der Waals surface area contributed by atoms with Gasteiger partial charge in [0.15, 0.2) is 0 Å². The van der Waals surface area contributed by atoms with Crippen molar-refractivity contribution in [1.29, 1.82) is 0 Å². The highest BCUT2D eigenvalue weighted by Gasteiger charge is 2.17. The second-order valence-corrected chi connectivity index (χ2v) is 3.52. The first kappa shape index (κ1) is 12.4. The molecule has 0 aliphatic carbocycles. The highest BCUT2D eigenvalue weighted by Crippen LogP contribution is 2.06. The van der Waals surface area contributed by atoms with Crippen LogP contribution < -0.4 is 5.32 Å². The lowest BCUT2D eigenvalue weighted by Crippen LogP contribution is -2.39. The average Bonchev–Trinajstić information content (AvgIpc) is 2.28. The van der Waals surface area contributed by atoms with Gasteiger partial charge in [-0.25, -0.2) is 9.78 Å². The molecule has 1 aromatic heterocycles. The molecule has 1 amide bonds. The summed E-state index contributed by atoms with van der Waals surface area (Å²) in [4.78, 5) is 26.4. The van der Waals surface area contributed by atoms with E-state index in [0.717, 1.165) is 0 Å². The van der Waals surface area contributed by atoms with Crippen molar-refractivity contribution in [3.05, 3.63) is 29.0 Å². The van der Waals surface area contributed by atoms with E-state index in [-0.39, 0.29) is 5.69 Å². The van der Waals surface area contributed by atoms with Gasteiger partial charge in [0, 0.05) is 6.20 Å². The molecular weight excluding hydrogens is 232 g/mol. The van der Waals surface area contributed by atoms with Crippen LogP contribution in [0.5, 0.6) is 0 Å². The van der Waals surface area contributed by atoms with Gasteiger partial charge in [-0.1, -0.05) is 11.6 Å². The number of ether oxygens (including phenoxy) is 1. The predicted molar refractivity (Wildman–Crippen MR) is 58.2 cm³/mol. The number of methoxy groups -OCH3 is 1. The van der Waals surface area contributed by atoms with Gasteiger partial charge in [0.05, 0.1) is 12.1 Å². The van der Waals surface area contributed by atoms with Gasteiger partial charge in [-0.3, -0.25) is 4.79 Å². The number of rotatable bonds is 3. The minimum Gasteiger partial charge on any atom is -0.467 e. The van der Waals surface area contributed by atoms with Gasteiger partial charge in [0.1, 0.15) is 11.7 Å². The number of nitrogens with one attached hydrogen (secondary N) is 1. The maximum Gasteiger partial charge on any atom is 0.328 e. The lowest BCUT2D eigenvalue weighted by atomic mass is 10.3. The van der Waals surface area contributed by atoms with E-state index in [1.165, 1.54) is 26.3 Å². The normalized spacial score (nSPS) is 11.7. The van der Waals surface area contributed by atoms with Crippen LogP contribution >= 0.6 is 11.6 Å². The van der Waals surface area contributed by atoms with Crippen LogP contribution in [0.15, 0.2) is 18.3 Å². The molecule has 1 aromatic rings. The number of amides is 1. The van der Waals surface area contributed by atoms with E-state index in [1.54, 1.807) is 6.07 Å². The van der Waals surface area contributed by atoms with Crippen LogP contribution in [-0.4, -0.2) is 30.0 Å². The van der Waals surface area contributed by atoms with Gasteiger partial charge in [-0.15, -0.1) is 0 Å². The van der Waals surface area contributed by atoms with Crippen LogP contribution in [0, 0.1) is 0 Å². The molecule has 0 saturated carbocycles. The molecule has 1 heterocycles. The molecule has 0 aliphatic rings. The van der Waals surface area contributed by atoms with E-state index in [0.29, 0.717) is 5.02 Å². The third-order valence-electron chi connectivity index (χ3n) is 1.86. The summed E-state index contributed by atoms with van der Waals surface area (Å²) >= 11 is 5.63. The second kappa shape index (κ2) is 5.46. The average molecular weight is 243 g/mol. The van der Waals surface area contributed by atoms with E-state index >= 15 is 0 Å². The number of carbonyl (C=O) groups excluding carboxylic acids is 2. The van der Waals surface area contributed by atoms with Crippen molar-refractivity contribution < 1.29 is 14.3 Å². The lowest BCUT2D eigenvalue weighted by Gasteiger charge is -2.10. The molecule has 6 heteroatoms. The quantitative estimate of drug-likeness (QED) is 0.804. The van der Waals surface area contributed by atoms with Crippen molar-refractivity contribution in [2.45, 2.75) is 13.0 Å². The Labute approximate surface area is 97.8 Å². The minimum atomic E-state index is -0.713. The lowest BCUT2D eigenvalue weighted by molar-refractivity contribution is -0.142. The fourth-order valence-electron chi connectivity index (χ4n) is 1.02. The number of halogens is 1. The molecule has 0 saturated heterocycles. The third-order valence-corrected chi connectivity index (χ3v) is 2.09. The molecule has 16 heavy (non-hydrogen) atoms. The molecule has 0 aromatic carbocycles. The molecule has 0 aliphatic heterocycles. The molecule has 1 rings (SSSR count). The largest absolute Gasteiger partial charge is 0.467 e. The zero-order chi connectivity index (χ0) is 12.1. The summed E-state index contributed by atoms with van der Waals surface area (Å²) in [5, 5.41) is 2.89. The number of aromatic nitrogens is 1. The van der Waals surface area contributed by atoms with Gasteiger partial charge in [-0.2, -0.15) is 0 Å². The van der Waals surface area contributed by atoms with Gasteiger partial charge in [0.2, 0.25) is 0 Å². The first-order valence-electron chi connectivity index (χ1n) is 4.55. The van der Waals surface area contributed by atoms with E-state index in [1.807, 2.05) is 0 Å². The molecule has 1 N–H and O–H groups in total. The number of hydrogen-bond donors (Lipinski definition) is 1. The maximum absolute atomic E-state index is 11.6. The Kier molecular flexibility index (Phi) is 4.25. The maximum atomic E-state index is 11.6. The number of nitrogens with zero attached hydrogens (tertiary/aromatic N) is 1. The van der Waals surface area contributed by atoms with Crippen molar-refractivity contribution in [3.8, 4) is 0 Å². The summed E-state index contributed by atoms with van der Waals surface area (Å²) in [6, 6.07) is 2.31. The van der Waals surface area contributed by atoms with Crippen molar-refractivity contribution in [2.75, 3.05) is 7.11 Å². The molecular formula is C10H11ClN2O3. The third kappa shape index (κ3) is 3.20. The van der Waals surface area contributed by atoms with Crippen LogP contribution in [-0.2, 0) is 9.53 Å². The Balaban J connectivity index is 2.65. The number of carbonyl (C=O) groups is 2. The van der Waals surface area contributed by atoms with Gasteiger partial charge >= 0.3 is 5.97 Å². The Bertz CT molecular complexity index is 392. The van der Waals surface area contributed by atoms with Crippen LogP contribution in [0.1, 0.15) is 17.4 Å². The summed E-state index contributed by atoms with van der Waals surface area (Å²) in [7, 11) is 1.26. The number of pyridine rings is 1. The minimum absolute atomic E-state index is 0.195. The zero-order valence-electron chi connectivity index (χ0n) is 8.86. The standard InChI is InChI=1S/C10H11ClN2O3/c1-6(10(15)16-2)13-9(14)8-4-3-7(11)5-12-8/h3-6H,1-2H3,(H,13,14).